The van der Waals surface area contributed by atoms with Crippen LogP contribution < -0.4 is 0 Å². The van der Waals surface area contributed by atoms with Gasteiger partial charge >= 0.3 is 12.1 Å². The monoisotopic (exact) mass is 308 g/mol. The average Bonchev–Trinajstić information content (AvgIpc) is 2.75. The molecule has 1 aromatic rings. The van der Waals surface area contributed by atoms with Gasteiger partial charge in [0, 0.05) is 12.1 Å². The Kier molecular flexibility index (Phi) is 3.59. The first-order valence-electron chi connectivity index (χ1n) is 7.29. The van der Waals surface area contributed by atoms with Gasteiger partial charge in [-0.15, -0.1) is 0 Å². The molecule has 6 heteroatoms. The van der Waals surface area contributed by atoms with E-state index in [2.05, 4.69) is 6.07 Å². The quantitative estimate of drug-likeness (QED) is 0.798. The van der Waals surface area contributed by atoms with E-state index in [4.69, 9.17) is 5.26 Å². The van der Waals surface area contributed by atoms with E-state index in [1.807, 2.05) is 6.07 Å². The number of carbonyl (C=O) groups excluding carboxylic acids is 1. The third kappa shape index (κ3) is 2.56. The number of rotatable bonds is 1. The van der Waals surface area contributed by atoms with Gasteiger partial charge in [-0.25, -0.2) is 0 Å². The fourth-order valence-electron chi connectivity index (χ4n) is 3.79. The van der Waals surface area contributed by atoms with Gasteiger partial charge in [0.25, 0.3) is 0 Å². The number of hydrogen-bond donors (Lipinski definition) is 0. The summed E-state index contributed by atoms with van der Waals surface area (Å²) in [5.74, 6) is -1.59. The summed E-state index contributed by atoms with van der Waals surface area (Å²) >= 11 is 0. The first-order valence-corrected chi connectivity index (χ1v) is 7.29. The minimum Gasteiger partial charge on any atom is -0.329 e. The van der Waals surface area contributed by atoms with Crippen molar-refractivity contribution in [3.05, 3.63) is 35.4 Å². The molecular formula is C16H15F3N2O. The van der Waals surface area contributed by atoms with Gasteiger partial charge in [0.2, 0.25) is 0 Å². The Balaban J connectivity index is 1.80. The average molecular weight is 308 g/mol. The van der Waals surface area contributed by atoms with E-state index in [-0.39, 0.29) is 18.0 Å². The van der Waals surface area contributed by atoms with Crippen LogP contribution in [0.4, 0.5) is 13.2 Å². The number of amides is 1. The number of alkyl halides is 3. The zero-order chi connectivity index (χ0) is 15.9. The van der Waals surface area contributed by atoms with Crippen LogP contribution in [-0.4, -0.2) is 29.1 Å². The summed E-state index contributed by atoms with van der Waals surface area (Å²) in [6.07, 6.45) is -2.48. The summed E-state index contributed by atoms with van der Waals surface area (Å²) in [5.41, 5.74) is 1.54. The standard InChI is InChI=1S/C16H15F3N2O/c17-16(18,19)15(22)21-13-4-5-14(21)8-12(7-13)11-3-1-2-10(6-11)9-20/h1-3,6,12-14H,4-5,7-8H2/t12-,13+,14-. The zero-order valence-corrected chi connectivity index (χ0v) is 11.8. The van der Waals surface area contributed by atoms with Gasteiger partial charge in [-0.2, -0.15) is 18.4 Å². The highest BCUT2D eigenvalue weighted by Gasteiger charge is 2.51. The molecular weight excluding hydrogens is 293 g/mol. The molecule has 0 aromatic heterocycles. The molecule has 2 heterocycles. The molecule has 0 radical (unpaired) electrons. The summed E-state index contributed by atoms with van der Waals surface area (Å²) < 4.78 is 38.1. The van der Waals surface area contributed by atoms with Crippen molar-refractivity contribution in [3.63, 3.8) is 0 Å². The van der Waals surface area contributed by atoms with Gasteiger partial charge in [-0.1, -0.05) is 12.1 Å². The van der Waals surface area contributed by atoms with Gasteiger partial charge < -0.3 is 4.90 Å². The van der Waals surface area contributed by atoms with Crippen LogP contribution in [0.1, 0.15) is 42.7 Å². The molecule has 2 saturated heterocycles. The van der Waals surface area contributed by atoms with E-state index >= 15 is 0 Å². The second-order valence-electron chi connectivity index (χ2n) is 6.00. The molecule has 3 atom stereocenters. The molecule has 0 N–H and O–H groups in total. The molecule has 2 aliphatic heterocycles. The third-order valence-corrected chi connectivity index (χ3v) is 4.70. The van der Waals surface area contributed by atoms with Crippen LogP contribution in [0, 0.1) is 11.3 Å². The molecule has 1 amide bonds. The number of halogens is 3. The lowest BCUT2D eigenvalue weighted by atomic mass is 9.84. The number of hydrogen-bond acceptors (Lipinski definition) is 2. The van der Waals surface area contributed by atoms with Crippen molar-refractivity contribution in [1.82, 2.24) is 4.90 Å². The van der Waals surface area contributed by atoms with E-state index in [0.29, 0.717) is 31.2 Å². The largest absolute Gasteiger partial charge is 0.471 e. The molecule has 2 fully saturated rings. The van der Waals surface area contributed by atoms with Crippen molar-refractivity contribution in [2.24, 2.45) is 0 Å². The van der Waals surface area contributed by atoms with Crippen LogP contribution in [0.2, 0.25) is 0 Å². The fourth-order valence-corrected chi connectivity index (χ4v) is 3.79. The highest BCUT2D eigenvalue weighted by atomic mass is 19.4. The first-order chi connectivity index (χ1) is 10.4. The molecule has 22 heavy (non-hydrogen) atoms. The number of benzene rings is 1. The van der Waals surface area contributed by atoms with Crippen molar-refractivity contribution in [3.8, 4) is 6.07 Å². The highest BCUT2D eigenvalue weighted by molar-refractivity contribution is 5.83. The zero-order valence-electron chi connectivity index (χ0n) is 11.8. The summed E-state index contributed by atoms with van der Waals surface area (Å²) in [5, 5.41) is 8.95. The van der Waals surface area contributed by atoms with Crippen molar-refractivity contribution in [1.29, 1.82) is 5.26 Å². The van der Waals surface area contributed by atoms with Gasteiger partial charge in [-0.3, -0.25) is 4.79 Å². The van der Waals surface area contributed by atoms with Crippen molar-refractivity contribution in [2.45, 2.75) is 49.9 Å². The second kappa shape index (κ2) is 5.31. The lowest BCUT2D eigenvalue weighted by Crippen LogP contribution is -2.51. The lowest BCUT2D eigenvalue weighted by Gasteiger charge is -2.39. The van der Waals surface area contributed by atoms with E-state index < -0.39 is 12.1 Å². The van der Waals surface area contributed by atoms with E-state index in [9.17, 15) is 18.0 Å². The predicted octanol–water partition coefficient (Wildman–Crippen LogP) is 3.36. The topological polar surface area (TPSA) is 44.1 Å². The number of carbonyl (C=O) groups is 1. The molecule has 0 aliphatic carbocycles. The van der Waals surface area contributed by atoms with Crippen LogP contribution in [0.25, 0.3) is 0 Å². The maximum atomic E-state index is 12.7. The van der Waals surface area contributed by atoms with Crippen molar-refractivity contribution in [2.75, 3.05) is 0 Å². The van der Waals surface area contributed by atoms with Crippen LogP contribution in [0.5, 0.6) is 0 Å². The third-order valence-electron chi connectivity index (χ3n) is 4.70. The van der Waals surface area contributed by atoms with Crippen LogP contribution >= 0.6 is 0 Å². The molecule has 0 spiro atoms. The maximum absolute atomic E-state index is 12.7. The lowest BCUT2D eigenvalue weighted by molar-refractivity contribution is -0.190. The van der Waals surface area contributed by atoms with E-state index in [1.165, 1.54) is 0 Å². The fraction of sp³-hybridized carbons (Fsp3) is 0.500. The molecule has 3 rings (SSSR count). The highest BCUT2D eigenvalue weighted by Crippen LogP contribution is 2.44. The van der Waals surface area contributed by atoms with Crippen molar-refractivity contribution >= 4 is 5.91 Å². The molecule has 2 aliphatic rings. The second-order valence-corrected chi connectivity index (χ2v) is 6.00. The number of nitriles is 1. The molecule has 116 valence electrons. The van der Waals surface area contributed by atoms with Gasteiger partial charge in [0.1, 0.15) is 0 Å². The minimum atomic E-state index is -4.80. The Morgan fingerprint density at radius 2 is 1.86 bits per heavy atom. The molecule has 1 aromatic carbocycles. The molecule has 3 nitrogen and oxygen atoms in total. The molecule has 2 bridgehead atoms. The summed E-state index contributed by atoms with van der Waals surface area (Å²) in [7, 11) is 0. The Labute approximate surface area is 126 Å². The Hall–Kier alpha value is -2.03. The normalized spacial score (nSPS) is 27.5. The van der Waals surface area contributed by atoms with Gasteiger partial charge in [0.05, 0.1) is 11.6 Å². The number of fused-ring (bicyclic) bond motifs is 2. The van der Waals surface area contributed by atoms with Gasteiger partial charge in [-0.05, 0) is 49.3 Å². The van der Waals surface area contributed by atoms with E-state index in [1.54, 1.807) is 18.2 Å². The number of piperidine rings is 1. The molecule has 0 saturated carbocycles. The Morgan fingerprint density at radius 3 is 2.41 bits per heavy atom. The smallest absolute Gasteiger partial charge is 0.329 e. The molecule has 0 unspecified atom stereocenters. The van der Waals surface area contributed by atoms with Crippen LogP contribution in [0.15, 0.2) is 24.3 Å². The van der Waals surface area contributed by atoms with Crippen molar-refractivity contribution < 1.29 is 18.0 Å². The minimum absolute atomic E-state index is 0.114. The number of nitrogens with zero attached hydrogens (tertiary/aromatic N) is 2. The Morgan fingerprint density at radius 1 is 1.23 bits per heavy atom. The summed E-state index contributed by atoms with van der Waals surface area (Å²) in [6, 6.07) is 8.60. The first kappa shape index (κ1) is 14.9. The van der Waals surface area contributed by atoms with Crippen LogP contribution in [0.3, 0.4) is 0 Å². The Bertz CT molecular complexity index is 621. The van der Waals surface area contributed by atoms with Gasteiger partial charge in [0.15, 0.2) is 0 Å². The summed E-state index contributed by atoms with van der Waals surface area (Å²) in [4.78, 5) is 12.6. The predicted molar refractivity (Wildman–Crippen MR) is 72.8 cm³/mol. The summed E-state index contributed by atoms with van der Waals surface area (Å²) in [6.45, 7) is 0. The maximum Gasteiger partial charge on any atom is 0.471 e. The van der Waals surface area contributed by atoms with Crippen LogP contribution in [-0.2, 0) is 4.79 Å². The SMILES string of the molecule is N#Cc1cccc([C@H]2C[C@H]3CC[C@@H](C2)N3C(=O)C(F)(F)F)c1. The van der Waals surface area contributed by atoms with E-state index in [0.717, 1.165) is 10.5 Å².